The summed E-state index contributed by atoms with van der Waals surface area (Å²) in [5.74, 6) is 1.12. The first-order chi connectivity index (χ1) is 9.81. The maximum Gasteiger partial charge on any atom is 0.299 e. The van der Waals surface area contributed by atoms with E-state index in [1.165, 1.54) is 30.6 Å². The molecule has 0 spiro atoms. The van der Waals surface area contributed by atoms with Crippen molar-refractivity contribution in [2.45, 2.75) is 38.0 Å². The molecule has 1 N–H and O–H groups in total. The molecular formula is C14H18N4OS. The molecule has 1 aliphatic rings. The summed E-state index contributed by atoms with van der Waals surface area (Å²) in [6, 6.07) is 3.82. The van der Waals surface area contributed by atoms with E-state index in [0.29, 0.717) is 11.6 Å². The van der Waals surface area contributed by atoms with Crippen molar-refractivity contribution in [3.63, 3.8) is 0 Å². The molecule has 0 atom stereocenters. The Morgan fingerprint density at radius 2 is 2.10 bits per heavy atom. The second kappa shape index (κ2) is 5.75. The molecular weight excluding hydrogens is 272 g/mol. The predicted molar refractivity (Wildman–Crippen MR) is 80.7 cm³/mol. The summed E-state index contributed by atoms with van der Waals surface area (Å²) >= 11 is 1.51. The van der Waals surface area contributed by atoms with Crippen LogP contribution in [0.3, 0.4) is 0 Å². The summed E-state index contributed by atoms with van der Waals surface area (Å²) in [6.45, 7) is 0. The third kappa shape index (κ3) is 2.35. The minimum absolute atomic E-state index is 0.106. The van der Waals surface area contributed by atoms with Gasteiger partial charge in [0.25, 0.3) is 5.56 Å². The van der Waals surface area contributed by atoms with Crippen molar-refractivity contribution >= 4 is 11.3 Å². The Hall–Kier alpha value is -1.69. The molecule has 106 valence electrons. The number of thiophene rings is 1. The third-order valence-electron chi connectivity index (χ3n) is 3.84. The summed E-state index contributed by atoms with van der Waals surface area (Å²) in [5, 5.41) is 10.5. The van der Waals surface area contributed by atoms with Crippen molar-refractivity contribution in [3.8, 4) is 10.6 Å². The number of hydrogen-bond donors (Lipinski definition) is 1. The third-order valence-corrected chi connectivity index (χ3v) is 4.71. The summed E-state index contributed by atoms with van der Waals surface area (Å²) in [4.78, 5) is 13.4. The first kappa shape index (κ1) is 13.3. The minimum atomic E-state index is -0.106. The molecule has 0 bridgehead atoms. The van der Waals surface area contributed by atoms with Crippen molar-refractivity contribution in [1.29, 1.82) is 0 Å². The van der Waals surface area contributed by atoms with Gasteiger partial charge >= 0.3 is 0 Å². The molecule has 5 nitrogen and oxygen atoms in total. The van der Waals surface area contributed by atoms with Crippen molar-refractivity contribution in [2.24, 2.45) is 0 Å². The fourth-order valence-electron chi connectivity index (χ4n) is 2.81. The number of aromatic nitrogens is 3. The maximum atomic E-state index is 12.6. The molecule has 0 radical (unpaired) electrons. The van der Waals surface area contributed by atoms with Gasteiger partial charge in [-0.1, -0.05) is 25.3 Å². The van der Waals surface area contributed by atoms with Crippen LogP contribution in [-0.4, -0.2) is 21.9 Å². The van der Waals surface area contributed by atoms with E-state index >= 15 is 0 Å². The number of nitrogens with zero attached hydrogens (tertiary/aromatic N) is 3. The molecule has 2 aromatic rings. The van der Waals surface area contributed by atoms with Crippen LogP contribution in [0, 0.1) is 0 Å². The molecule has 1 aliphatic carbocycles. The molecule has 20 heavy (non-hydrogen) atoms. The van der Waals surface area contributed by atoms with E-state index in [0.717, 1.165) is 23.5 Å². The van der Waals surface area contributed by atoms with Gasteiger partial charge in [-0.25, -0.2) is 4.68 Å². The molecule has 0 amide bonds. The van der Waals surface area contributed by atoms with Crippen LogP contribution in [0.5, 0.6) is 0 Å². The molecule has 1 saturated carbocycles. The van der Waals surface area contributed by atoms with Gasteiger partial charge in [-0.05, 0) is 24.3 Å². The highest BCUT2D eigenvalue weighted by Crippen LogP contribution is 2.31. The van der Waals surface area contributed by atoms with Gasteiger partial charge in [0.15, 0.2) is 11.5 Å². The van der Waals surface area contributed by atoms with E-state index in [1.807, 2.05) is 17.5 Å². The van der Waals surface area contributed by atoms with Crippen molar-refractivity contribution in [3.05, 3.63) is 33.7 Å². The summed E-state index contributed by atoms with van der Waals surface area (Å²) < 4.78 is 1.57. The lowest BCUT2D eigenvalue weighted by Crippen LogP contribution is -2.34. The summed E-state index contributed by atoms with van der Waals surface area (Å²) in [6.07, 6.45) is 5.87. The van der Waals surface area contributed by atoms with Crippen LogP contribution in [-0.2, 0) is 0 Å². The van der Waals surface area contributed by atoms with Crippen molar-refractivity contribution in [1.82, 2.24) is 14.9 Å². The Balaban J connectivity index is 2.05. The van der Waals surface area contributed by atoms with Gasteiger partial charge in [-0.2, -0.15) is 0 Å². The van der Waals surface area contributed by atoms with Crippen molar-refractivity contribution < 1.29 is 0 Å². The number of hydrogen-bond acceptors (Lipinski definition) is 5. The van der Waals surface area contributed by atoms with Gasteiger partial charge in [0.05, 0.1) is 4.88 Å². The van der Waals surface area contributed by atoms with E-state index in [1.54, 1.807) is 11.7 Å². The topological polar surface area (TPSA) is 59.8 Å². The van der Waals surface area contributed by atoms with Crippen LogP contribution in [0.15, 0.2) is 22.3 Å². The molecule has 2 heterocycles. The average molecular weight is 290 g/mol. The van der Waals surface area contributed by atoms with Crippen molar-refractivity contribution in [2.75, 3.05) is 12.5 Å². The zero-order valence-electron chi connectivity index (χ0n) is 11.5. The number of nitrogens with one attached hydrogen (secondary N) is 1. The van der Waals surface area contributed by atoms with Gasteiger partial charge in [-0.3, -0.25) is 4.79 Å². The van der Waals surface area contributed by atoms with Gasteiger partial charge in [-0.15, -0.1) is 21.5 Å². The maximum absolute atomic E-state index is 12.6. The highest BCUT2D eigenvalue weighted by molar-refractivity contribution is 7.13. The van der Waals surface area contributed by atoms with Crippen LogP contribution in [0.25, 0.3) is 10.6 Å². The van der Waals surface area contributed by atoms with Crippen LogP contribution < -0.4 is 11.0 Å². The van der Waals surface area contributed by atoms with Gasteiger partial charge in [0, 0.05) is 13.0 Å². The molecule has 0 unspecified atom stereocenters. The van der Waals surface area contributed by atoms with Gasteiger partial charge in [0.1, 0.15) is 0 Å². The lowest BCUT2D eigenvalue weighted by Gasteiger charge is -2.23. The Labute approximate surface area is 121 Å². The van der Waals surface area contributed by atoms with E-state index in [2.05, 4.69) is 15.6 Å². The standard InChI is InChI=1S/C14H18N4OS/c1-15-18-13(10-6-3-2-4-7-10)17-16-12(14(18)19)11-8-5-9-20-11/h5,8-10,15H,2-4,6-7H2,1H3. The zero-order chi connectivity index (χ0) is 13.9. The Bertz CT molecular complexity index is 629. The second-order valence-electron chi connectivity index (χ2n) is 5.08. The zero-order valence-corrected chi connectivity index (χ0v) is 12.3. The number of rotatable bonds is 3. The molecule has 6 heteroatoms. The van der Waals surface area contributed by atoms with E-state index in [9.17, 15) is 4.79 Å². The average Bonchev–Trinajstić information content (AvgIpc) is 3.02. The molecule has 3 rings (SSSR count). The molecule has 1 fully saturated rings. The van der Waals surface area contributed by atoms with Gasteiger partial charge in [0.2, 0.25) is 0 Å². The Morgan fingerprint density at radius 1 is 1.30 bits per heavy atom. The summed E-state index contributed by atoms with van der Waals surface area (Å²) in [7, 11) is 1.76. The van der Waals surface area contributed by atoms with E-state index in [4.69, 9.17) is 0 Å². The predicted octanol–water partition coefficient (Wildman–Crippen LogP) is 2.59. The first-order valence-electron chi connectivity index (χ1n) is 7.02. The Morgan fingerprint density at radius 3 is 2.75 bits per heavy atom. The largest absolute Gasteiger partial charge is 0.324 e. The van der Waals surface area contributed by atoms with Crippen LogP contribution in [0.4, 0.5) is 0 Å². The summed E-state index contributed by atoms with van der Waals surface area (Å²) in [5.41, 5.74) is 3.29. The van der Waals surface area contributed by atoms with Crippen LogP contribution in [0.1, 0.15) is 43.8 Å². The molecule has 0 saturated heterocycles. The molecule has 0 aliphatic heterocycles. The lowest BCUT2D eigenvalue weighted by atomic mass is 9.89. The van der Waals surface area contributed by atoms with Gasteiger partial charge < -0.3 is 5.43 Å². The van der Waals surface area contributed by atoms with E-state index < -0.39 is 0 Å². The smallest absolute Gasteiger partial charge is 0.299 e. The van der Waals surface area contributed by atoms with E-state index in [-0.39, 0.29) is 5.56 Å². The lowest BCUT2D eigenvalue weighted by molar-refractivity contribution is 0.413. The van der Waals surface area contributed by atoms with Crippen LogP contribution >= 0.6 is 11.3 Å². The molecule has 0 aromatic carbocycles. The highest BCUT2D eigenvalue weighted by atomic mass is 32.1. The normalized spacial score (nSPS) is 16.2. The molecule has 2 aromatic heterocycles. The second-order valence-corrected chi connectivity index (χ2v) is 6.03. The van der Waals surface area contributed by atoms with Crippen LogP contribution in [0.2, 0.25) is 0 Å². The fourth-order valence-corrected chi connectivity index (χ4v) is 3.51. The monoisotopic (exact) mass is 290 g/mol. The SMILES string of the molecule is CNn1c(C2CCCCC2)nnc(-c2cccs2)c1=O. The highest BCUT2D eigenvalue weighted by Gasteiger charge is 2.23. The minimum Gasteiger partial charge on any atom is -0.324 e. The Kier molecular flexibility index (Phi) is 3.82. The fraction of sp³-hybridized carbons (Fsp3) is 0.500. The first-order valence-corrected chi connectivity index (χ1v) is 7.90. The quantitative estimate of drug-likeness (QED) is 0.944.